The normalized spacial score (nSPS) is 20.2. The first-order valence-corrected chi connectivity index (χ1v) is 10.8. The number of hydrogen-bond acceptors (Lipinski definition) is 4. The highest BCUT2D eigenvalue weighted by atomic mass is 16.4. The molecule has 7 nitrogen and oxygen atoms in total. The number of unbranched alkanes of at least 4 members (excludes halogenated alkanes) is 2. The summed E-state index contributed by atoms with van der Waals surface area (Å²) < 4.78 is 0. The minimum atomic E-state index is -1.69. The molecule has 7 heteroatoms. The van der Waals surface area contributed by atoms with E-state index in [4.69, 9.17) is 0 Å². The maximum Gasteiger partial charge on any atom is 0.329 e. The average molecular weight is 437 g/mol. The maximum absolute atomic E-state index is 13.0. The molecule has 0 spiro atoms. The molecule has 0 aromatic heterocycles. The van der Waals surface area contributed by atoms with Crippen molar-refractivity contribution in [1.29, 1.82) is 0 Å². The molecule has 1 fully saturated rings. The van der Waals surface area contributed by atoms with Crippen molar-refractivity contribution >= 4 is 23.6 Å². The van der Waals surface area contributed by atoms with Crippen molar-refractivity contribution in [1.82, 2.24) is 10.2 Å². The molecular formula is C25H28N2O5. The van der Waals surface area contributed by atoms with Gasteiger partial charge >= 0.3 is 5.97 Å². The van der Waals surface area contributed by atoms with Gasteiger partial charge in [0.05, 0.1) is 0 Å². The van der Waals surface area contributed by atoms with Gasteiger partial charge in [-0.05, 0) is 43.9 Å². The topological polar surface area (TPSA) is 104 Å². The van der Waals surface area contributed by atoms with Gasteiger partial charge in [0, 0.05) is 18.4 Å². The van der Waals surface area contributed by atoms with E-state index in [0.29, 0.717) is 12.0 Å². The summed E-state index contributed by atoms with van der Waals surface area (Å²) in [4.78, 5) is 51.3. The van der Waals surface area contributed by atoms with E-state index in [2.05, 4.69) is 17.4 Å². The quantitative estimate of drug-likeness (QED) is 0.588. The number of likely N-dealkylation sites (tertiary alicyclic amines) is 1. The molecule has 168 valence electrons. The zero-order valence-electron chi connectivity index (χ0n) is 18.1. The summed E-state index contributed by atoms with van der Waals surface area (Å²) in [6.07, 6.45) is 1.66. The molecule has 2 N–H and O–H groups in total. The Labute approximate surface area is 187 Å². The SMILES string of the molecule is C[C@@]1(C(=O)O)CC(=O)C(NC(=O)c2ccccc2)N1C(=O)CCCCCc1ccccc1. The Bertz CT molecular complexity index is 976. The molecule has 2 amide bonds. The van der Waals surface area contributed by atoms with Crippen LogP contribution in [0.1, 0.15) is 54.9 Å². The second kappa shape index (κ2) is 10.2. The predicted molar refractivity (Wildman–Crippen MR) is 119 cm³/mol. The van der Waals surface area contributed by atoms with E-state index in [9.17, 15) is 24.3 Å². The van der Waals surface area contributed by atoms with E-state index in [1.165, 1.54) is 12.5 Å². The molecule has 2 atom stereocenters. The van der Waals surface area contributed by atoms with E-state index in [1.807, 2.05) is 18.2 Å². The first-order chi connectivity index (χ1) is 15.3. The van der Waals surface area contributed by atoms with Crippen LogP contribution in [0.15, 0.2) is 60.7 Å². The highest BCUT2D eigenvalue weighted by Gasteiger charge is 2.55. The summed E-state index contributed by atoms with van der Waals surface area (Å²) >= 11 is 0. The van der Waals surface area contributed by atoms with Crippen LogP contribution in [0.4, 0.5) is 0 Å². The van der Waals surface area contributed by atoms with Crippen LogP contribution in [-0.4, -0.2) is 45.3 Å². The number of benzene rings is 2. The Morgan fingerprint density at radius 3 is 2.25 bits per heavy atom. The van der Waals surface area contributed by atoms with Gasteiger partial charge in [-0.1, -0.05) is 55.0 Å². The summed E-state index contributed by atoms with van der Waals surface area (Å²) in [5.74, 6) is -2.73. The third-order valence-electron chi connectivity index (χ3n) is 5.85. The van der Waals surface area contributed by atoms with Crippen LogP contribution in [0.5, 0.6) is 0 Å². The lowest BCUT2D eigenvalue weighted by atomic mass is 9.98. The van der Waals surface area contributed by atoms with Crippen molar-refractivity contribution in [2.45, 2.75) is 57.2 Å². The second-order valence-corrected chi connectivity index (χ2v) is 8.27. The molecule has 1 aliphatic heterocycles. The third kappa shape index (κ3) is 5.22. The molecule has 3 rings (SSSR count). The minimum absolute atomic E-state index is 0.114. The van der Waals surface area contributed by atoms with Crippen LogP contribution >= 0.6 is 0 Å². The summed E-state index contributed by atoms with van der Waals surface area (Å²) in [6.45, 7) is 1.36. The van der Waals surface area contributed by atoms with Crippen molar-refractivity contribution in [3.05, 3.63) is 71.8 Å². The molecule has 1 unspecified atom stereocenters. The number of nitrogens with one attached hydrogen (secondary N) is 1. The molecule has 0 radical (unpaired) electrons. The standard InChI is InChI=1S/C25H28N2O5/c1-25(24(31)32)17-20(28)22(26-23(30)19-14-8-4-9-15-19)27(25)21(29)16-10-3-7-13-18-11-5-2-6-12-18/h2,4-6,8-9,11-12,14-15,22H,3,7,10,13,16-17H2,1H3,(H,26,30)(H,31,32)/t22?,25-/m0/s1. The van der Waals surface area contributed by atoms with E-state index in [-0.39, 0.29) is 12.8 Å². The number of aryl methyl sites for hydroxylation is 1. The van der Waals surface area contributed by atoms with Crippen molar-refractivity contribution in [2.75, 3.05) is 0 Å². The van der Waals surface area contributed by atoms with Gasteiger partial charge in [0.2, 0.25) is 5.91 Å². The first-order valence-electron chi connectivity index (χ1n) is 10.8. The van der Waals surface area contributed by atoms with Gasteiger partial charge in [-0.2, -0.15) is 0 Å². The monoisotopic (exact) mass is 436 g/mol. The fourth-order valence-corrected chi connectivity index (χ4v) is 4.04. The summed E-state index contributed by atoms with van der Waals surface area (Å²) in [5.41, 5.74) is -0.129. The number of amides is 2. The number of aliphatic carboxylic acids is 1. The summed E-state index contributed by atoms with van der Waals surface area (Å²) in [6, 6.07) is 18.3. The van der Waals surface area contributed by atoms with Gasteiger partial charge in [0.15, 0.2) is 11.9 Å². The predicted octanol–water partition coefficient (Wildman–Crippen LogP) is 3.19. The Morgan fingerprint density at radius 2 is 1.62 bits per heavy atom. The van der Waals surface area contributed by atoms with Crippen LogP contribution in [-0.2, 0) is 20.8 Å². The van der Waals surface area contributed by atoms with E-state index in [1.54, 1.807) is 30.3 Å². The van der Waals surface area contributed by atoms with Crippen LogP contribution in [0, 0.1) is 0 Å². The Kier molecular flexibility index (Phi) is 7.41. The molecule has 32 heavy (non-hydrogen) atoms. The zero-order valence-corrected chi connectivity index (χ0v) is 18.1. The molecule has 0 aliphatic carbocycles. The van der Waals surface area contributed by atoms with E-state index in [0.717, 1.165) is 24.2 Å². The Balaban J connectivity index is 1.64. The minimum Gasteiger partial charge on any atom is -0.479 e. The Morgan fingerprint density at radius 1 is 1.00 bits per heavy atom. The average Bonchev–Trinajstić information content (AvgIpc) is 3.05. The number of carbonyl (C=O) groups excluding carboxylic acids is 3. The van der Waals surface area contributed by atoms with Crippen molar-refractivity contribution in [3.8, 4) is 0 Å². The number of nitrogens with zero attached hydrogens (tertiary/aromatic N) is 1. The molecule has 1 aliphatic rings. The van der Waals surface area contributed by atoms with Crippen molar-refractivity contribution in [3.63, 3.8) is 0 Å². The van der Waals surface area contributed by atoms with Crippen LogP contribution in [0.25, 0.3) is 0 Å². The van der Waals surface area contributed by atoms with Gasteiger partial charge in [0.25, 0.3) is 5.91 Å². The number of Topliss-reactive ketones (excluding diaryl/α,β-unsaturated/α-hetero) is 1. The lowest BCUT2D eigenvalue weighted by molar-refractivity contribution is -0.157. The lowest BCUT2D eigenvalue weighted by Gasteiger charge is -2.34. The number of rotatable bonds is 9. The van der Waals surface area contributed by atoms with Gasteiger partial charge < -0.3 is 10.4 Å². The fourth-order valence-electron chi connectivity index (χ4n) is 4.04. The highest BCUT2D eigenvalue weighted by Crippen LogP contribution is 2.32. The smallest absolute Gasteiger partial charge is 0.329 e. The molecule has 2 aromatic carbocycles. The number of hydrogen-bond donors (Lipinski definition) is 2. The van der Waals surface area contributed by atoms with Crippen LogP contribution < -0.4 is 5.32 Å². The molecule has 1 saturated heterocycles. The largest absolute Gasteiger partial charge is 0.479 e. The first kappa shape index (κ1) is 23.2. The number of carboxylic acid groups (broad SMARTS) is 1. The Hall–Kier alpha value is -3.48. The molecule has 0 saturated carbocycles. The highest BCUT2D eigenvalue weighted by molar-refractivity contribution is 6.04. The van der Waals surface area contributed by atoms with Gasteiger partial charge in [-0.15, -0.1) is 0 Å². The summed E-state index contributed by atoms with van der Waals surface area (Å²) in [7, 11) is 0. The number of ketones is 1. The van der Waals surface area contributed by atoms with Crippen LogP contribution in [0.3, 0.4) is 0 Å². The zero-order chi connectivity index (χ0) is 23.1. The van der Waals surface area contributed by atoms with E-state index >= 15 is 0 Å². The number of carbonyl (C=O) groups is 4. The lowest BCUT2D eigenvalue weighted by Crippen LogP contribution is -2.58. The van der Waals surface area contributed by atoms with Gasteiger partial charge in [-0.3, -0.25) is 19.3 Å². The summed E-state index contributed by atoms with van der Waals surface area (Å²) in [5, 5.41) is 12.3. The van der Waals surface area contributed by atoms with Crippen molar-refractivity contribution < 1.29 is 24.3 Å². The van der Waals surface area contributed by atoms with Gasteiger partial charge in [-0.25, -0.2) is 4.79 Å². The van der Waals surface area contributed by atoms with Crippen LogP contribution in [0.2, 0.25) is 0 Å². The van der Waals surface area contributed by atoms with Gasteiger partial charge in [0.1, 0.15) is 5.54 Å². The van der Waals surface area contributed by atoms with E-state index < -0.39 is 35.3 Å². The number of carboxylic acids is 1. The molecule has 1 heterocycles. The molecule has 2 aromatic rings. The maximum atomic E-state index is 13.0. The third-order valence-corrected chi connectivity index (χ3v) is 5.85. The van der Waals surface area contributed by atoms with Crippen molar-refractivity contribution in [2.24, 2.45) is 0 Å². The second-order valence-electron chi connectivity index (χ2n) is 8.27. The molecular weight excluding hydrogens is 408 g/mol. The fraction of sp³-hybridized carbons (Fsp3) is 0.360. The molecule has 0 bridgehead atoms.